The fourth-order valence-corrected chi connectivity index (χ4v) is 2.83. The van der Waals surface area contributed by atoms with Crippen molar-refractivity contribution in [1.29, 1.82) is 5.26 Å². The summed E-state index contributed by atoms with van der Waals surface area (Å²) in [5.41, 5.74) is 5.14. The van der Waals surface area contributed by atoms with Gasteiger partial charge in [-0.25, -0.2) is 0 Å². The second kappa shape index (κ2) is 8.41. The summed E-state index contributed by atoms with van der Waals surface area (Å²) < 4.78 is 41.3. The van der Waals surface area contributed by atoms with Gasteiger partial charge < -0.3 is 15.6 Å². The number of halogens is 3. The maximum Gasteiger partial charge on any atom is 0.573 e. The van der Waals surface area contributed by atoms with Gasteiger partial charge >= 0.3 is 6.36 Å². The molecule has 0 heterocycles. The van der Waals surface area contributed by atoms with E-state index in [9.17, 15) is 23.1 Å². The molecule has 144 valence electrons. The summed E-state index contributed by atoms with van der Waals surface area (Å²) in [4.78, 5) is 12.0. The average Bonchev–Trinajstić information content (AvgIpc) is 2.48. The van der Waals surface area contributed by atoms with E-state index in [1.54, 1.807) is 20.8 Å². The lowest BCUT2D eigenvalue weighted by Gasteiger charge is -2.36. The number of nitrogens with two attached hydrogens (primary N) is 1. The van der Waals surface area contributed by atoms with Crippen LogP contribution in [0.15, 0.2) is 24.3 Å². The van der Waals surface area contributed by atoms with Crippen LogP contribution in [0.5, 0.6) is 5.75 Å². The van der Waals surface area contributed by atoms with E-state index in [1.807, 2.05) is 6.07 Å². The molecule has 0 aliphatic carbocycles. The van der Waals surface area contributed by atoms with E-state index in [4.69, 9.17) is 11.0 Å². The Kier molecular flexibility index (Phi) is 7.04. The molecule has 0 aliphatic rings. The van der Waals surface area contributed by atoms with E-state index < -0.39 is 41.4 Å². The molecule has 0 spiro atoms. The first-order chi connectivity index (χ1) is 11.9. The lowest BCUT2D eigenvalue weighted by molar-refractivity contribution is -0.274. The van der Waals surface area contributed by atoms with Crippen LogP contribution in [0.4, 0.5) is 13.2 Å². The molecule has 3 atom stereocenters. The predicted molar refractivity (Wildman–Crippen MR) is 88.9 cm³/mol. The fourth-order valence-electron chi connectivity index (χ4n) is 2.83. The third-order valence-electron chi connectivity index (χ3n) is 4.08. The fraction of sp³-hybridized carbons (Fsp3) is 0.556. The summed E-state index contributed by atoms with van der Waals surface area (Å²) in [6, 6.07) is 7.12. The first-order valence-corrected chi connectivity index (χ1v) is 8.07. The highest BCUT2D eigenvalue weighted by atomic mass is 19.4. The monoisotopic (exact) mass is 372 g/mol. The molecule has 1 aromatic carbocycles. The number of aliphatic hydroxyl groups is 1. The molecule has 3 N–H and O–H groups in total. The van der Waals surface area contributed by atoms with Gasteiger partial charge in [0.2, 0.25) is 5.91 Å². The van der Waals surface area contributed by atoms with Gasteiger partial charge in [0.1, 0.15) is 5.75 Å². The van der Waals surface area contributed by atoms with Crippen molar-refractivity contribution >= 4 is 5.91 Å². The van der Waals surface area contributed by atoms with E-state index in [0.29, 0.717) is 5.56 Å². The number of nitrogens with zero attached hydrogens (tertiary/aromatic N) is 1. The number of primary amides is 1. The highest BCUT2D eigenvalue weighted by Gasteiger charge is 2.40. The summed E-state index contributed by atoms with van der Waals surface area (Å²) in [7, 11) is 0. The molecule has 1 aromatic rings. The van der Waals surface area contributed by atoms with E-state index in [2.05, 4.69) is 4.74 Å². The number of nitriles is 1. The zero-order valence-corrected chi connectivity index (χ0v) is 14.9. The SMILES string of the molecule is CC(C)(C)C(O)C(C(N)=O)[C@H](CCC#N)c1cccc(OC(F)(F)F)c1. The van der Waals surface area contributed by atoms with Crippen LogP contribution in [-0.4, -0.2) is 23.5 Å². The number of aliphatic hydroxyl groups excluding tert-OH is 1. The number of amides is 1. The van der Waals surface area contributed by atoms with Gasteiger partial charge in [0.05, 0.1) is 18.1 Å². The largest absolute Gasteiger partial charge is 0.573 e. The minimum Gasteiger partial charge on any atom is -0.406 e. The molecule has 0 fully saturated rings. The number of alkyl halides is 3. The summed E-state index contributed by atoms with van der Waals surface area (Å²) >= 11 is 0. The van der Waals surface area contributed by atoms with Gasteiger partial charge in [0, 0.05) is 6.42 Å². The molecular weight excluding hydrogens is 349 g/mol. The lowest BCUT2D eigenvalue weighted by Crippen LogP contribution is -2.44. The van der Waals surface area contributed by atoms with Gasteiger partial charge in [-0.2, -0.15) is 5.26 Å². The van der Waals surface area contributed by atoms with Crippen molar-refractivity contribution in [1.82, 2.24) is 0 Å². The second-order valence-corrected chi connectivity index (χ2v) is 7.16. The van der Waals surface area contributed by atoms with E-state index in [0.717, 1.165) is 12.1 Å². The molecule has 0 bridgehead atoms. The van der Waals surface area contributed by atoms with Crippen molar-refractivity contribution in [3.8, 4) is 11.8 Å². The molecule has 0 saturated carbocycles. The standard InChI is InChI=1S/C18H23F3N2O3/c1-17(2,3)15(24)14(16(23)25)13(8-5-9-22)11-6-4-7-12(10-11)26-18(19,20)21/h4,6-7,10,13-15,24H,5,8H2,1-3H3,(H2,23,25)/t13-,14?,15?/m1/s1. The van der Waals surface area contributed by atoms with Crippen LogP contribution in [0, 0.1) is 22.7 Å². The zero-order valence-electron chi connectivity index (χ0n) is 14.9. The Labute approximate surface area is 150 Å². The molecule has 0 aromatic heterocycles. The average molecular weight is 372 g/mol. The van der Waals surface area contributed by atoms with Crippen molar-refractivity contribution in [3.63, 3.8) is 0 Å². The Morgan fingerprint density at radius 1 is 1.35 bits per heavy atom. The molecular formula is C18H23F3N2O3. The highest BCUT2D eigenvalue weighted by Crippen LogP contribution is 2.38. The number of carbonyl (C=O) groups is 1. The van der Waals surface area contributed by atoms with Crippen molar-refractivity contribution in [3.05, 3.63) is 29.8 Å². The van der Waals surface area contributed by atoms with Crippen LogP contribution in [0.2, 0.25) is 0 Å². The van der Waals surface area contributed by atoms with Crippen LogP contribution in [0.3, 0.4) is 0 Å². The summed E-state index contributed by atoms with van der Waals surface area (Å²) in [5.74, 6) is -3.01. The quantitative estimate of drug-likeness (QED) is 0.766. The van der Waals surface area contributed by atoms with Crippen LogP contribution < -0.4 is 10.5 Å². The molecule has 1 rings (SSSR count). The molecule has 5 nitrogen and oxygen atoms in total. The first kappa shape index (κ1) is 21.8. The topological polar surface area (TPSA) is 96.3 Å². The van der Waals surface area contributed by atoms with Gasteiger partial charge in [-0.1, -0.05) is 32.9 Å². The van der Waals surface area contributed by atoms with Gasteiger partial charge in [0.15, 0.2) is 0 Å². The number of hydrogen-bond acceptors (Lipinski definition) is 4. The maximum absolute atomic E-state index is 12.5. The number of rotatable bonds is 7. The summed E-state index contributed by atoms with van der Waals surface area (Å²) in [6.07, 6.45) is -5.78. The van der Waals surface area contributed by atoms with Crippen molar-refractivity contribution in [2.24, 2.45) is 17.1 Å². The second-order valence-electron chi connectivity index (χ2n) is 7.16. The maximum atomic E-state index is 12.5. The Balaban J connectivity index is 3.33. The van der Waals surface area contributed by atoms with Gasteiger partial charge in [0.25, 0.3) is 0 Å². The van der Waals surface area contributed by atoms with Crippen molar-refractivity contribution in [2.45, 2.75) is 52.0 Å². The minimum absolute atomic E-state index is 0.0513. The number of carbonyl (C=O) groups excluding carboxylic acids is 1. The molecule has 2 unspecified atom stereocenters. The van der Waals surface area contributed by atoms with Crippen LogP contribution in [0.1, 0.15) is 45.1 Å². The number of ether oxygens (including phenoxy) is 1. The number of benzene rings is 1. The molecule has 0 radical (unpaired) electrons. The Bertz CT molecular complexity index is 663. The van der Waals surface area contributed by atoms with E-state index in [1.165, 1.54) is 12.1 Å². The Hall–Kier alpha value is -2.27. The lowest BCUT2D eigenvalue weighted by atomic mass is 9.71. The van der Waals surface area contributed by atoms with E-state index in [-0.39, 0.29) is 12.8 Å². The third kappa shape index (κ3) is 6.23. The molecule has 0 aliphatic heterocycles. The third-order valence-corrected chi connectivity index (χ3v) is 4.08. The summed E-state index contributed by atoms with van der Waals surface area (Å²) in [5, 5.41) is 19.5. The highest BCUT2D eigenvalue weighted by molar-refractivity contribution is 5.78. The van der Waals surface area contributed by atoms with Crippen LogP contribution >= 0.6 is 0 Å². The number of hydrogen-bond donors (Lipinski definition) is 2. The van der Waals surface area contributed by atoms with Crippen LogP contribution in [-0.2, 0) is 4.79 Å². The van der Waals surface area contributed by atoms with Gasteiger partial charge in [-0.15, -0.1) is 13.2 Å². The van der Waals surface area contributed by atoms with Gasteiger partial charge in [-0.3, -0.25) is 4.79 Å². The molecule has 0 saturated heterocycles. The normalized spacial score (nSPS) is 15.6. The Morgan fingerprint density at radius 2 is 1.96 bits per heavy atom. The zero-order chi connectivity index (χ0) is 20.1. The van der Waals surface area contributed by atoms with Crippen molar-refractivity contribution < 1.29 is 27.8 Å². The van der Waals surface area contributed by atoms with Crippen molar-refractivity contribution in [2.75, 3.05) is 0 Å². The molecule has 26 heavy (non-hydrogen) atoms. The molecule has 1 amide bonds. The van der Waals surface area contributed by atoms with Gasteiger partial charge in [-0.05, 0) is 35.4 Å². The smallest absolute Gasteiger partial charge is 0.406 e. The minimum atomic E-state index is -4.85. The first-order valence-electron chi connectivity index (χ1n) is 8.07. The summed E-state index contributed by atoms with van der Waals surface area (Å²) in [6.45, 7) is 5.16. The van der Waals surface area contributed by atoms with E-state index >= 15 is 0 Å². The molecule has 8 heteroatoms. The Morgan fingerprint density at radius 3 is 2.42 bits per heavy atom. The predicted octanol–water partition coefficient (Wildman–Crippen LogP) is 3.48. The van der Waals surface area contributed by atoms with Crippen LogP contribution in [0.25, 0.3) is 0 Å².